The fourth-order valence-corrected chi connectivity index (χ4v) is 1.79. The third-order valence-corrected chi connectivity index (χ3v) is 3.02. The SMILES string of the molecule is C#CCCOc1cc(OCCC)ccc1CC(N)CC. The van der Waals surface area contributed by atoms with Crippen LogP contribution in [0.15, 0.2) is 18.2 Å². The van der Waals surface area contributed by atoms with Crippen molar-refractivity contribution < 1.29 is 9.47 Å². The Bertz CT molecular complexity index is 437. The highest BCUT2D eigenvalue weighted by molar-refractivity contribution is 5.41. The molecule has 1 atom stereocenters. The van der Waals surface area contributed by atoms with E-state index in [4.69, 9.17) is 21.6 Å². The van der Waals surface area contributed by atoms with Crippen LogP contribution in [0.2, 0.25) is 0 Å². The van der Waals surface area contributed by atoms with E-state index in [9.17, 15) is 0 Å². The number of rotatable bonds is 9. The number of ether oxygens (including phenoxy) is 2. The minimum Gasteiger partial charge on any atom is -0.493 e. The van der Waals surface area contributed by atoms with Gasteiger partial charge in [-0.05, 0) is 30.9 Å². The Morgan fingerprint density at radius 3 is 2.70 bits per heavy atom. The minimum atomic E-state index is 0.146. The summed E-state index contributed by atoms with van der Waals surface area (Å²) in [5, 5.41) is 0. The summed E-state index contributed by atoms with van der Waals surface area (Å²) in [5.74, 6) is 4.24. The van der Waals surface area contributed by atoms with Crippen molar-refractivity contribution in [3.63, 3.8) is 0 Å². The quantitative estimate of drug-likeness (QED) is 0.556. The molecule has 110 valence electrons. The lowest BCUT2D eigenvalue weighted by Crippen LogP contribution is -2.21. The lowest BCUT2D eigenvalue weighted by Gasteiger charge is -2.15. The molecule has 2 N–H and O–H groups in total. The molecule has 3 heteroatoms. The molecule has 0 aromatic heterocycles. The van der Waals surface area contributed by atoms with Crippen molar-refractivity contribution in [3.05, 3.63) is 23.8 Å². The summed E-state index contributed by atoms with van der Waals surface area (Å²) >= 11 is 0. The molecule has 1 aromatic rings. The van der Waals surface area contributed by atoms with E-state index < -0.39 is 0 Å². The zero-order valence-corrected chi connectivity index (χ0v) is 12.5. The van der Waals surface area contributed by atoms with E-state index >= 15 is 0 Å². The fraction of sp³-hybridized carbons (Fsp3) is 0.529. The molecule has 0 aliphatic rings. The van der Waals surface area contributed by atoms with Gasteiger partial charge in [0.1, 0.15) is 11.5 Å². The smallest absolute Gasteiger partial charge is 0.126 e. The van der Waals surface area contributed by atoms with Gasteiger partial charge in [-0.3, -0.25) is 0 Å². The molecule has 0 saturated heterocycles. The van der Waals surface area contributed by atoms with Crippen LogP contribution in [0.1, 0.15) is 38.7 Å². The van der Waals surface area contributed by atoms with Gasteiger partial charge in [0, 0.05) is 18.5 Å². The molecule has 1 rings (SSSR count). The maximum atomic E-state index is 6.03. The van der Waals surface area contributed by atoms with Gasteiger partial charge in [-0.1, -0.05) is 19.9 Å². The van der Waals surface area contributed by atoms with Gasteiger partial charge in [-0.25, -0.2) is 0 Å². The summed E-state index contributed by atoms with van der Waals surface area (Å²) in [5.41, 5.74) is 7.14. The molecule has 0 aliphatic carbocycles. The second kappa shape index (κ2) is 9.28. The van der Waals surface area contributed by atoms with Crippen molar-refractivity contribution in [1.82, 2.24) is 0 Å². The largest absolute Gasteiger partial charge is 0.493 e. The minimum absolute atomic E-state index is 0.146. The molecule has 0 aliphatic heterocycles. The van der Waals surface area contributed by atoms with Crippen molar-refractivity contribution in [1.29, 1.82) is 0 Å². The summed E-state index contributed by atoms with van der Waals surface area (Å²) in [6, 6.07) is 6.09. The highest BCUT2D eigenvalue weighted by atomic mass is 16.5. The van der Waals surface area contributed by atoms with Crippen molar-refractivity contribution in [3.8, 4) is 23.8 Å². The maximum absolute atomic E-state index is 6.03. The van der Waals surface area contributed by atoms with Crippen molar-refractivity contribution in [2.24, 2.45) is 5.73 Å². The van der Waals surface area contributed by atoms with Gasteiger partial charge >= 0.3 is 0 Å². The van der Waals surface area contributed by atoms with Crippen LogP contribution in [0.3, 0.4) is 0 Å². The Labute approximate surface area is 122 Å². The first-order chi connectivity index (χ1) is 9.71. The second-order valence-electron chi connectivity index (χ2n) is 4.79. The van der Waals surface area contributed by atoms with E-state index in [0.29, 0.717) is 19.6 Å². The Kier molecular flexibility index (Phi) is 7.60. The highest BCUT2D eigenvalue weighted by Crippen LogP contribution is 2.26. The zero-order chi connectivity index (χ0) is 14.8. The van der Waals surface area contributed by atoms with Gasteiger partial charge in [0.25, 0.3) is 0 Å². The topological polar surface area (TPSA) is 44.5 Å². The van der Waals surface area contributed by atoms with Crippen molar-refractivity contribution in [2.45, 2.75) is 45.6 Å². The maximum Gasteiger partial charge on any atom is 0.126 e. The van der Waals surface area contributed by atoms with Crippen LogP contribution in [-0.2, 0) is 6.42 Å². The third-order valence-electron chi connectivity index (χ3n) is 3.02. The molecule has 0 amide bonds. The number of hydrogen-bond acceptors (Lipinski definition) is 3. The van der Waals surface area contributed by atoms with Crippen LogP contribution in [0.5, 0.6) is 11.5 Å². The molecule has 0 fully saturated rings. The molecular formula is C17H25NO2. The van der Waals surface area contributed by atoms with Gasteiger partial charge in [0.2, 0.25) is 0 Å². The summed E-state index contributed by atoms with van der Waals surface area (Å²) in [4.78, 5) is 0. The predicted octanol–water partition coefficient (Wildman–Crippen LogP) is 3.16. The molecule has 0 bridgehead atoms. The van der Waals surface area contributed by atoms with Crippen molar-refractivity contribution >= 4 is 0 Å². The first-order valence-corrected chi connectivity index (χ1v) is 7.28. The van der Waals surface area contributed by atoms with Crippen LogP contribution in [0.4, 0.5) is 0 Å². The van der Waals surface area contributed by atoms with Crippen LogP contribution in [0.25, 0.3) is 0 Å². The Hall–Kier alpha value is -1.66. The molecule has 0 radical (unpaired) electrons. The van der Waals surface area contributed by atoms with Crippen LogP contribution in [0, 0.1) is 12.3 Å². The van der Waals surface area contributed by atoms with Crippen LogP contribution >= 0.6 is 0 Å². The Morgan fingerprint density at radius 2 is 2.05 bits per heavy atom. The first kappa shape index (κ1) is 16.4. The van der Waals surface area contributed by atoms with Gasteiger partial charge in [-0.2, -0.15) is 0 Å². The average Bonchev–Trinajstić information content (AvgIpc) is 2.47. The fourth-order valence-electron chi connectivity index (χ4n) is 1.79. The number of benzene rings is 1. The second-order valence-corrected chi connectivity index (χ2v) is 4.79. The lowest BCUT2D eigenvalue weighted by atomic mass is 10.0. The lowest BCUT2D eigenvalue weighted by molar-refractivity contribution is 0.303. The molecule has 1 aromatic carbocycles. The molecular weight excluding hydrogens is 250 g/mol. The standard InChI is InChI=1S/C17H25NO2/c1-4-7-11-20-17-13-16(19-10-5-2)9-8-14(17)12-15(18)6-3/h1,8-9,13,15H,5-7,10-12,18H2,2-3H3. The van der Waals surface area contributed by atoms with Crippen LogP contribution in [-0.4, -0.2) is 19.3 Å². The molecule has 0 spiro atoms. The van der Waals surface area contributed by atoms with Gasteiger partial charge < -0.3 is 15.2 Å². The highest BCUT2D eigenvalue weighted by Gasteiger charge is 2.09. The molecule has 1 unspecified atom stereocenters. The van der Waals surface area contributed by atoms with E-state index in [2.05, 4.69) is 19.8 Å². The Morgan fingerprint density at radius 1 is 1.25 bits per heavy atom. The normalized spacial score (nSPS) is 11.7. The summed E-state index contributed by atoms with van der Waals surface area (Å²) in [7, 11) is 0. The van der Waals surface area contributed by atoms with Gasteiger partial charge in [-0.15, -0.1) is 12.3 Å². The molecule has 20 heavy (non-hydrogen) atoms. The first-order valence-electron chi connectivity index (χ1n) is 7.28. The van der Waals surface area contributed by atoms with E-state index in [1.165, 1.54) is 0 Å². The average molecular weight is 275 g/mol. The van der Waals surface area contributed by atoms with E-state index in [-0.39, 0.29) is 6.04 Å². The van der Waals surface area contributed by atoms with Crippen LogP contribution < -0.4 is 15.2 Å². The van der Waals surface area contributed by atoms with E-state index in [1.54, 1.807) is 0 Å². The predicted molar refractivity (Wildman–Crippen MR) is 83.1 cm³/mol. The summed E-state index contributed by atoms with van der Waals surface area (Å²) in [6.07, 6.45) is 8.58. The molecule has 0 heterocycles. The molecule has 3 nitrogen and oxygen atoms in total. The Balaban J connectivity index is 2.82. The number of nitrogens with two attached hydrogens (primary N) is 1. The van der Waals surface area contributed by atoms with E-state index in [0.717, 1.165) is 36.3 Å². The number of hydrogen-bond donors (Lipinski definition) is 1. The number of terminal acetylenes is 1. The third kappa shape index (κ3) is 5.54. The summed E-state index contributed by atoms with van der Waals surface area (Å²) < 4.78 is 11.4. The van der Waals surface area contributed by atoms with E-state index in [1.807, 2.05) is 18.2 Å². The zero-order valence-electron chi connectivity index (χ0n) is 12.5. The van der Waals surface area contributed by atoms with Gasteiger partial charge in [0.05, 0.1) is 13.2 Å². The van der Waals surface area contributed by atoms with Crippen molar-refractivity contribution in [2.75, 3.05) is 13.2 Å². The monoisotopic (exact) mass is 275 g/mol. The summed E-state index contributed by atoms with van der Waals surface area (Å²) in [6.45, 7) is 5.39. The van der Waals surface area contributed by atoms with Gasteiger partial charge in [0.15, 0.2) is 0 Å². The molecule has 0 saturated carbocycles.